The summed E-state index contributed by atoms with van der Waals surface area (Å²) in [5, 5.41) is 15.2. The second-order valence-corrected chi connectivity index (χ2v) is 6.42. The summed E-state index contributed by atoms with van der Waals surface area (Å²) in [6.07, 6.45) is 4.66. The molecule has 4 N–H and O–H groups in total. The van der Waals surface area contributed by atoms with Crippen LogP contribution in [0.2, 0.25) is 0 Å². The highest BCUT2D eigenvalue weighted by molar-refractivity contribution is 7.38. The molecule has 0 amide bonds. The van der Waals surface area contributed by atoms with Gasteiger partial charge in [-0.3, -0.25) is 0 Å². The minimum absolute atomic E-state index is 0.0960. The maximum Gasteiger partial charge on any atom is 0.324 e. The maximum atomic E-state index is 14.4. The SMILES string of the molecule is CC(c1ncncc1F)C(O)(Cn1cncn1)c1ccc(F)cc1F.OP(O)O. The van der Waals surface area contributed by atoms with Crippen molar-refractivity contribution < 1.29 is 33.0 Å². The summed E-state index contributed by atoms with van der Waals surface area (Å²) in [6, 6.07) is 2.80. The van der Waals surface area contributed by atoms with E-state index in [2.05, 4.69) is 20.1 Å². The molecule has 2 aromatic heterocycles. The second-order valence-electron chi connectivity index (χ2n) is 5.89. The van der Waals surface area contributed by atoms with Gasteiger partial charge in [0.1, 0.15) is 36.2 Å². The highest BCUT2D eigenvalue weighted by Gasteiger charge is 2.41. The monoisotopic (exact) mass is 431 g/mol. The van der Waals surface area contributed by atoms with Gasteiger partial charge in [-0.2, -0.15) is 5.10 Å². The Balaban J connectivity index is 0.000000687. The topological polar surface area (TPSA) is 137 Å². The van der Waals surface area contributed by atoms with Gasteiger partial charge in [-0.1, -0.05) is 13.0 Å². The number of aromatic nitrogens is 5. The molecular formula is C16H17F3N5O4P. The summed E-state index contributed by atoms with van der Waals surface area (Å²) >= 11 is 0. The van der Waals surface area contributed by atoms with Crippen LogP contribution in [0, 0.1) is 17.5 Å². The first-order chi connectivity index (χ1) is 13.6. The van der Waals surface area contributed by atoms with Gasteiger partial charge in [0.05, 0.1) is 18.4 Å². The van der Waals surface area contributed by atoms with Crippen LogP contribution in [0.25, 0.3) is 0 Å². The van der Waals surface area contributed by atoms with E-state index in [1.807, 2.05) is 0 Å². The van der Waals surface area contributed by atoms with Crippen molar-refractivity contribution in [2.45, 2.75) is 25.0 Å². The number of hydrogen-bond acceptors (Lipinski definition) is 8. The van der Waals surface area contributed by atoms with Crippen LogP contribution in [0.5, 0.6) is 0 Å². The van der Waals surface area contributed by atoms with Crippen LogP contribution in [0.4, 0.5) is 13.2 Å². The van der Waals surface area contributed by atoms with Crippen molar-refractivity contribution in [3.8, 4) is 0 Å². The summed E-state index contributed by atoms with van der Waals surface area (Å²) in [7, 11) is -2.62. The molecule has 0 saturated heterocycles. The van der Waals surface area contributed by atoms with Crippen LogP contribution in [-0.4, -0.2) is 44.5 Å². The summed E-state index contributed by atoms with van der Waals surface area (Å²) in [6.45, 7) is 1.26. The normalized spacial score (nSPS) is 14.1. The standard InChI is InChI=1S/C16H14F3N5O.H3O3P/c1-10(15-14(19)5-20-7-22-15)16(25,6-24-9-21-8-23-24)12-3-2-11(17)4-13(12)18;1-4(2)3/h2-5,7-10,25H,6H2,1H3;1-3H. The molecule has 2 unspecified atom stereocenters. The van der Waals surface area contributed by atoms with Crippen molar-refractivity contribution in [1.82, 2.24) is 24.7 Å². The Kier molecular flexibility index (Phi) is 7.71. The zero-order valence-corrected chi connectivity index (χ0v) is 15.8. The number of nitrogens with zero attached hydrogens (tertiary/aromatic N) is 5. The smallest absolute Gasteiger partial charge is 0.324 e. The van der Waals surface area contributed by atoms with E-state index in [9.17, 15) is 18.3 Å². The largest absolute Gasteiger partial charge is 0.382 e. The first-order valence-corrected chi connectivity index (χ1v) is 9.17. The average molecular weight is 431 g/mol. The Bertz CT molecular complexity index is 932. The molecular weight excluding hydrogens is 414 g/mol. The second kappa shape index (κ2) is 9.81. The van der Waals surface area contributed by atoms with Crippen molar-refractivity contribution in [1.29, 1.82) is 0 Å². The Morgan fingerprint density at radius 2 is 1.79 bits per heavy atom. The number of aliphatic hydroxyl groups is 1. The van der Waals surface area contributed by atoms with Crippen LogP contribution in [0.1, 0.15) is 24.1 Å². The van der Waals surface area contributed by atoms with E-state index in [1.165, 1.54) is 24.3 Å². The molecule has 3 rings (SSSR count). The average Bonchev–Trinajstić information content (AvgIpc) is 3.13. The predicted molar refractivity (Wildman–Crippen MR) is 94.3 cm³/mol. The molecule has 0 aliphatic heterocycles. The fourth-order valence-corrected chi connectivity index (χ4v) is 2.72. The number of hydrogen-bond donors (Lipinski definition) is 4. The molecule has 0 bridgehead atoms. The van der Waals surface area contributed by atoms with Crippen LogP contribution in [-0.2, 0) is 12.1 Å². The minimum atomic E-state index is -2.62. The fourth-order valence-electron chi connectivity index (χ4n) is 2.72. The number of benzene rings is 1. The lowest BCUT2D eigenvalue weighted by Crippen LogP contribution is -2.39. The van der Waals surface area contributed by atoms with Gasteiger partial charge in [-0.25, -0.2) is 32.8 Å². The van der Waals surface area contributed by atoms with Gasteiger partial charge in [0.15, 0.2) is 5.82 Å². The Labute approximate surface area is 164 Å². The van der Waals surface area contributed by atoms with Crippen LogP contribution < -0.4 is 0 Å². The lowest BCUT2D eigenvalue weighted by atomic mass is 9.79. The van der Waals surface area contributed by atoms with E-state index in [1.54, 1.807) is 0 Å². The van der Waals surface area contributed by atoms with Crippen molar-refractivity contribution in [3.63, 3.8) is 0 Å². The molecule has 2 heterocycles. The Morgan fingerprint density at radius 3 is 2.34 bits per heavy atom. The van der Waals surface area contributed by atoms with Gasteiger partial charge in [-0.15, -0.1) is 0 Å². The quantitative estimate of drug-likeness (QED) is 0.445. The van der Waals surface area contributed by atoms with E-state index >= 15 is 0 Å². The summed E-state index contributed by atoms with van der Waals surface area (Å²) in [5.74, 6) is -3.47. The van der Waals surface area contributed by atoms with Gasteiger partial charge in [-0.05, 0) is 6.07 Å². The Morgan fingerprint density at radius 1 is 1.10 bits per heavy atom. The zero-order chi connectivity index (χ0) is 21.6. The number of rotatable bonds is 5. The van der Waals surface area contributed by atoms with Gasteiger partial charge < -0.3 is 19.8 Å². The van der Waals surface area contributed by atoms with Gasteiger partial charge in [0.25, 0.3) is 0 Å². The van der Waals surface area contributed by atoms with E-state index < -0.39 is 37.6 Å². The summed E-state index contributed by atoms with van der Waals surface area (Å²) in [5.41, 5.74) is -2.25. The lowest BCUT2D eigenvalue weighted by molar-refractivity contribution is -0.0133. The molecule has 0 saturated carbocycles. The van der Waals surface area contributed by atoms with Crippen molar-refractivity contribution in [2.75, 3.05) is 0 Å². The lowest BCUT2D eigenvalue weighted by Gasteiger charge is -2.34. The van der Waals surface area contributed by atoms with E-state index in [0.29, 0.717) is 6.07 Å². The summed E-state index contributed by atoms with van der Waals surface area (Å²) < 4.78 is 43.0. The molecule has 0 spiro atoms. The molecule has 156 valence electrons. The van der Waals surface area contributed by atoms with E-state index in [0.717, 1.165) is 24.7 Å². The molecule has 0 aliphatic carbocycles. The molecule has 1 aromatic carbocycles. The molecule has 2 atom stereocenters. The summed E-state index contributed by atoms with van der Waals surface area (Å²) in [4.78, 5) is 32.9. The minimum Gasteiger partial charge on any atom is -0.382 e. The molecule has 0 aliphatic rings. The third kappa shape index (κ3) is 5.75. The van der Waals surface area contributed by atoms with Crippen LogP contribution in [0.3, 0.4) is 0 Å². The molecule has 29 heavy (non-hydrogen) atoms. The van der Waals surface area contributed by atoms with E-state index in [4.69, 9.17) is 14.7 Å². The maximum absolute atomic E-state index is 14.4. The van der Waals surface area contributed by atoms with Gasteiger partial charge in [0.2, 0.25) is 0 Å². The van der Waals surface area contributed by atoms with Gasteiger partial charge in [0, 0.05) is 17.5 Å². The fraction of sp³-hybridized carbons (Fsp3) is 0.250. The molecule has 0 radical (unpaired) electrons. The van der Waals surface area contributed by atoms with Crippen LogP contribution in [0.15, 0.2) is 43.4 Å². The first-order valence-electron chi connectivity index (χ1n) is 7.97. The third-order valence-electron chi connectivity index (χ3n) is 4.09. The Hall–Kier alpha value is -2.50. The highest BCUT2D eigenvalue weighted by Crippen LogP contribution is 2.39. The first kappa shape index (κ1) is 22.8. The molecule has 9 nitrogen and oxygen atoms in total. The van der Waals surface area contributed by atoms with Gasteiger partial charge >= 0.3 is 8.60 Å². The molecule has 0 fully saturated rings. The number of halogens is 3. The van der Waals surface area contributed by atoms with E-state index in [-0.39, 0.29) is 17.8 Å². The third-order valence-corrected chi connectivity index (χ3v) is 4.09. The van der Waals surface area contributed by atoms with Crippen LogP contribution >= 0.6 is 8.60 Å². The molecule has 3 aromatic rings. The van der Waals surface area contributed by atoms with Crippen molar-refractivity contribution in [3.05, 3.63) is 72.1 Å². The molecule has 13 heteroatoms. The highest BCUT2D eigenvalue weighted by atomic mass is 31.2. The van der Waals surface area contributed by atoms with Crippen molar-refractivity contribution in [2.24, 2.45) is 0 Å². The van der Waals surface area contributed by atoms with Crippen molar-refractivity contribution >= 4 is 8.60 Å². The predicted octanol–water partition coefficient (Wildman–Crippen LogP) is 1.37. The zero-order valence-electron chi connectivity index (χ0n) is 14.9.